The molecule has 0 saturated carbocycles. The van der Waals surface area contributed by atoms with Crippen molar-refractivity contribution in [2.45, 2.75) is 19.0 Å². The molecule has 4 rings (SSSR count). The molecule has 0 bridgehead atoms. The molecule has 0 radical (unpaired) electrons. The van der Waals surface area contributed by atoms with Crippen LogP contribution in [0.3, 0.4) is 0 Å². The van der Waals surface area contributed by atoms with Crippen LogP contribution in [0.4, 0.5) is 14.5 Å². The predicted octanol–water partition coefficient (Wildman–Crippen LogP) is 3.63. The summed E-state index contributed by atoms with van der Waals surface area (Å²) < 4.78 is 33.5. The quantitative estimate of drug-likeness (QED) is 0.490. The first-order valence-corrected chi connectivity index (χ1v) is 10.2. The summed E-state index contributed by atoms with van der Waals surface area (Å²) in [5, 5.41) is 8.48. The van der Waals surface area contributed by atoms with Gasteiger partial charge in [0.25, 0.3) is 0 Å². The molecule has 1 saturated heterocycles. The Bertz CT molecular complexity index is 968. The third-order valence-corrected chi connectivity index (χ3v) is 5.58. The van der Waals surface area contributed by atoms with E-state index in [1.165, 1.54) is 18.2 Å². The van der Waals surface area contributed by atoms with Crippen LogP contribution >= 0.6 is 11.3 Å². The second-order valence-corrected chi connectivity index (χ2v) is 7.64. The van der Waals surface area contributed by atoms with Gasteiger partial charge in [-0.25, -0.2) is 13.8 Å². The number of aromatic nitrogens is 1. The maximum Gasteiger partial charge on any atom is 0.236 e. The molecule has 3 heterocycles. The Morgan fingerprint density at radius 3 is 2.86 bits per heavy atom. The second-order valence-electron chi connectivity index (χ2n) is 6.69. The van der Waals surface area contributed by atoms with E-state index in [9.17, 15) is 8.78 Å². The van der Waals surface area contributed by atoms with E-state index in [1.807, 2.05) is 17.5 Å². The molecule has 1 unspecified atom stereocenters. The van der Waals surface area contributed by atoms with Crippen molar-refractivity contribution in [3.8, 4) is 10.8 Å². The number of nitrogens with one attached hydrogen (secondary N) is 2. The summed E-state index contributed by atoms with van der Waals surface area (Å²) in [7, 11) is 1.68. The van der Waals surface area contributed by atoms with Crippen molar-refractivity contribution >= 4 is 23.0 Å². The molecule has 0 amide bonds. The highest BCUT2D eigenvalue weighted by Gasteiger charge is 2.27. The predicted molar refractivity (Wildman–Crippen MR) is 110 cm³/mol. The van der Waals surface area contributed by atoms with Crippen molar-refractivity contribution in [1.82, 2.24) is 15.6 Å². The van der Waals surface area contributed by atoms with Gasteiger partial charge in [0, 0.05) is 26.2 Å². The van der Waals surface area contributed by atoms with Gasteiger partial charge in [0.1, 0.15) is 23.6 Å². The Morgan fingerprint density at radius 1 is 1.31 bits per heavy atom. The normalized spacial score (nSPS) is 17.0. The summed E-state index contributed by atoms with van der Waals surface area (Å²) in [5.41, 5.74) is 0.793. The average Bonchev–Trinajstić information content (AvgIpc) is 3.46. The lowest BCUT2D eigenvalue weighted by Crippen LogP contribution is -2.44. The highest BCUT2D eigenvalue weighted by Crippen LogP contribution is 2.27. The zero-order valence-electron chi connectivity index (χ0n) is 15.9. The molecule has 1 aliphatic rings. The molecule has 1 aromatic carbocycles. The fourth-order valence-electron chi connectivity index (χ4n) is 3.34. The highest BCUT2D eigenvalue weighted by molar-refractivity contribution is 7.13. The van der Waals surface area contributed by atoms with E-state index in [0.717, 1.165) is 17.0 Å². The number of oxazole rings is 1. The van der Waals surface area contributed by atoms with E-state index >= 15 is 0 Å². The van der Waals surface area contributed by atoms with Gasteiger partial charge in [-0.3, -0.25) is 4.99 Å². The van der Waals surface area contributed by atoms with Crippen molar-refractivity contribution in [3.05, 3.63) is 59.3 Å². The second kappa shape index (κ2) is 8.60. The molecular formula is C20H21F2N5OS. The van der Waals surface area contributed by atoms with Crippen LogP contribution in [0.1, 0.15) is 12.1 Å². The number of hydrogen-bond acceptors (Lipinski definition) is 5. The number of hydrogen-bond donors (Lipinski definition) is 2. The third kappa shape index (κ3) is 4.40. The number of benzene rings is 1. The van der Waals surface area contributed by atoms with Crippen LogP contribution in [0.5, 0.6) is 0 Å². The minimum Gasteiger partial charge on any atom is -0.443 e. The van der Waals surface area contributed by atoms with Gasteiger partial charge in [0.2, 0.25) is 5.89 Å². The Balaban J connectivity index is 1.32. The van der Waals surface area contributed by atoms with Crippen molar-refractivity contribution in [3.63, 3.8) is 0 Å². The third-order valence-electron chi connectivity index (χ3n) is 4.73. The lowest BCUT2D eigenvalue weighted by Gasteiger charge is -2.21. The summed E-state index contributed by atoms with van der Waals surface area (Å²) in [6.07, 6.45) is 2.37. The van der Waals surface area contributed by atoms with E-state index < -0.39 is 11.6 Å². The molecule has 2 aromatic heterocycles. The molecule has 1 aliphatic heterocycles. The van der Waals surface area contributed by atoms with Crippen LogP contribution in [-0.2, 0) is 6.54 Å². The summed E-state index contributed by atoms with van der Waals surface area (Å²) in [6.45, 7) is 1.51. The molecule has 6 nitrogen and oxygen atoms in total. The Labute approximate surface area is 171 Å². The number of halogens is 2. The maximum atomic E-state index is 14.0. The minimum absolute atomic E-state index is 0.0270. The molecule has 0 spiro atoms. The number of para-hydroxylation sites is 1. The Hall–Kier alpha value is -2.94. The topological polar surface area (TPSA) is 65.7 Å². The lowest BCUT2D eigenvalue weighted by molar-refractivity contribution is 0.573. The Kier molecular flexibility index (Phi) is 5.75. The average molecular weight is 417 g/mol. The summed E-state index contributed by atoms with van der Waals surface area (Å²) in [5.74, 6) is 0.117. The number of aliphatic imine (C=N–C) groups is 1. The monoisotopic (exact) mass is 417 g/mol. The number of anilines is 1. The van der Waals surface area contributed by atoms with Gasteiger partial charge in [0.15, 0.2) is 5.96 Å². The fraction of sp³-hybridized carbons (Fsp3) is 0.300. The van der Waals surface area contributed by atoms with Gasteiger partial charge in [-0.1, -0.05) is 12.1 Å². The van der Waals surface area contributed by atoms with Gasteiger partial charge < -0.3 is 20.0 Å². The van der Waals surface area contributed by atoms with Gasteiger partial charge in [-0.15, -0.1) is 11.3 Å². The first-order valence-electron chi connectivity index (χ1n) is 9.28. The standard InChI is InChI=1S/C20H21F2N5OS/c1-23-20(24-10-14-12-28-19(25-14)17-6-3-9-29-17)26-13-7-8-27(11-13)18-15(21)4-2-5-16(18)22/h2-6,9,12-13H,7-8,10-11H2,1H3,(H2,23,24,26). The first-order chi connectivity index (χ1) is 14.1. The van der Waals surface area contributed by atoms with Gasteiger partial charge in [-0.2, -0.15) is 0 Å². The largest absolute Gasteiger partial charge is 0.443 e. The van der Waals surface area contributed by atoms with Crippen molar-refractivity contribution in [2.24, 2.45) is 4.99 Å². The molecular weight excluding hydrogens is 396 g/mol. The fourth-order valence-corrected chi connectivity index (χ4v) is 3.99. The summed E-state index contributed by atoms with van der Waals surface area (Å²) >= 11 is 1.57. The van der Waals surface area contributed by atoms with E-state index in [1.54, 1.807) is 29.5 Å². The van der Waals surface area contributed by atoms with Crippen LogP contribution in [0.2, 0.25) is 0 Å². The summed E-state index contributed by atoms with van der Waals surface area (Å²) in [6, 6.07) is 7.87. The van der Waals surface area contributed by atoms with Gasteiger partial charge >= 0.3 is 0 Å². The highest BCUT2D eigenvalue weighted by atomic mass is 32.1. The first kappa shape index (κ1) is 19.4. The number of guanidine groups is 1. The van der Waals surface area contributed by atoms with E-state index in [4.69, 9.17) is 4.42 Å². The number of nitrogens with zero attached hydrogens (tertiary/aromatic N) is 3. The van der Waals surface area contributed by atoms with E-state index in [2.05, 4.69) is 20.6 Å². The van der Waals surface area contributed by atoms with Crippen molar-refractivity contribution < 1.29 is 13.2 Å². The molecule has 3 aromatic rings. The molecule has 2 N–H and O–H groups in total. The summed E-state index contributed by atoms with van der Waals surface area (Å²) in [4.78, 5) is 11.4. The zero-order chi connectivity index (χ0) is 20.2. The molecule has 1 fully saturated rings. The SMILES string of the molecule is CN=C(NCc1coc(-c2cccs2)n1)NC1CCN(c2c(F)cccc2F)C1. The zero-order valence-corrected chi connectivity index (χ0v) is 16.7. The van der Waals surface area contributed by atoms with Crippen molar-refractivity contribution in [2.75, 3.05) is 25.0 Å². The number of thiophene rings is 1. The molecule has 152 valence electrons. The molecule has 1 atom stereocenters. The van der Waals surface area contributed by atoms with Gasteiger partial charge in [0.05, 0.1) is 17.1 Å². The number of rotatable bonds is 5. The van der Waals surface area contributed by atoms with Crippen LogP contribution in [-0.4, -0.2) is 37.1 Å². The van der Waals surface area contributed by atoms with Crippen LogP contribution in [0, 0.1) is 11.6 Å². The Morgan fingerprint density at radius 2 is 2.14 bits per heavy atom. The van der Waals surface area contributed by atoms with Crippen LogP contribution in [0.25, 0.3) is 10.8 Å². The molecule has 0 aliphatic carbocycles. The van der Waals surface area contributed by atoms with Crippen LogP contribution < -0.4 is 15.5 Å². The molecule has 29 heavy (non-hydrogen) atoms. The van der Waals surface area contributed by atoms with E-state index in [0.29, 0.717) is 31.5 Å². The van der Waals surface area contributed by atoms with Crippen LogP contribution in [0.15, 0.2) is 51.4 Å². The van der Waals surface area contributed by atoms with Crippen molar-refractivity contribution in [1.29, 1.82) is 0 Å². The maximum absolute atomic E-state index is 14.0. The molecule has 9 heteroatoms. The lowest BCUT2D eigenvalue weighted by atomic mass is 10.2. The smallest absolute Gasteiger partial charge is 0.236 e. The van der Waals surface area contributed by atoms with E-state index in [-0.39, 0.29) is 11.7 Å². The minimum atomic E-state index is -0.541. The van der Waals surface area contributed by atoms with Gasteiger partial charge in [-0.05, 0) is 30.0 Å².